The molecule has 1 atom stereocenters. The Labute approximate surface area is 114 Å². The molecule has 1 unspecified atom stereocenters. The first-order chi connectivity index (χ1) is 8.92. The van der Waals surface area contributed by atoms with Gasteiger partial charge < -0.3 is 15.2 Å². The second-order valence-corrected chi connectivity index (χ2v) is 5.02. The normalized spacial score (nSPS) is 13.9. The highest BCUT2D eigenvalue weighted by atomic mass is 16.5. The molecule has 1 aromatic rings. The van der Waals surface area contributed by atoms with E-state index in [4.69, 9.17) is 4.74 Å². The topological polar surface area (TPSA) is 58.6 Å². The molecule has 4 nitrogen and oxygen atoms in total. The Morgan fingerprint density at radius 1 is 1.47 bits per heavy atom. The molecule has 0 aliphatic rings. The summed E-state index contributed by atoms with van der Waals surface area (Å²) in [6.07, 6.45) is 1.25. The molecule has 1 rings (SSSR count). The van der Waals surface area contributed by atoms with Gasteiger partial charge in [0.05, 0.1) is 0 Å². The van der Waals surface area contributed by atoms with E-state index in [2.05, 4.69) is 5.32 Å². The third-order valence-electron chi connectivity index (χ3n) is 3.13. The summed E-state index contributed by atoms with van der Waals surface area (Å²) >= 11 is 0. The monoisotopic (exact) mass is 265 g/mol. The van der Waals surface area contributed by atoms with Crippen molar-refractivity contribution in [3.05, 3.63) is 29.3 Å². The minimum Gasteiger partial charge on any atom is -0.478 e. The Kier molecular flexibility index (Phi) is 5.36. The molecule has 0 heterocycles. The van der Waals surface area contributed by atoms with Crippen LogP contribution in [0, 0.1) is 6.92 Å². The Hall–Kier alpha value is -1.55. The van der Waals surface area contributed by atoms with Crippen molar-refractivity contribution in [3.8, 4) is 5.75 Å². The number of aryl methyl sites for hydroxylation is 1. The fourth-order valence-corrected chi connectivity index (χ4v) is 2.06. The minimum absolute atomic E-state index is 0.486. The van der Waals surface area contributed by atoms with Crippen LogP contribution in [0.2, 0.25) is 0 Å². The lowest BCUT2D eigenvalue weighted by atomic mass is 10.00. The molecule has 0 aromatic heterocycles. The van der Waals surface area contributed by atoms with Gasteiger partial charge >= 0.3 is 5.97 Å². The van der Waals surface area contributed by atoms with Crippen LogP contribution in [-0.2, 0) is 11.3 Å². The first kappa shape index (κ1) is 15.5. The van der Waals surface area contributed by atoms with Crippen molar-refractivity contribution in [1.82, 2.24) is 5.32 Å². The van der Waals surface area contributed by atoms with Crippen LogP contribution in [0.4, 0.5) is 0 Å². The number of carboxylic acid groups (broad SMARTS) is 1. The van der Waals surface area contributed by atoms with Crippen molar-refractivity contribution in [2.45, 2.75) is 45.8 Å². The second kappa shape index (κ2) is 6.57. The number of hydrogen-bond acceptors (Lipinski definition) is 3. The van der Waals surface area contributed by atoms with Crippen molar-refractivity contribution >= 4 is 5.97 Å². The lowest BCUT2D eigenvalue weighted by Gasteiger charge is -2.27. The van der Waals surface area contributed by atoms with Crippen LogP contribution in [0.15, 0.2) is 18.2 Å². The van der Waals surface area contributed by atoms with Crippen molar-refractivity contribution < 1.29 is 14.6 Å². The van der Waals surface area contributed by atoms with Gasteiger partial charge in [0.1, 0.15) is 5.75 Å². The van der Waals surface area contributed by atoms with E-state index in [1.54, 1.807) is 6.92 Å². The molecule has 0 saturated heterocycles. The van der Waals surface area contributed by atoms with Gasteiger partial charge in [0, 0.05) is 6.54 Å². The van der Waals surface area contributed by atoms with Gasteiger partial charge in [-0.15, -0.1) is 0 Å². The zero-order valence-corrected chi connectivity index (χ0v) is 12.1. The number of hydrogen-bond donors (Lipinski definition) is 2. The Bertz CT molecular complexity index is 445. The van der Waals surface area contributed by atoms with Gasteiger partial charge in [-0.3, -0.25) is 0 Å². The minimum atomic E-state index is -1.16. The van der Waals surface area contributed by atoms with Crippen molar-refractivity contribution in [1.29, 1.82) is 0 Å². The van der Waals surface area contributed by atoms with Gasteiger partial charge in [-0.2, -0.15) is 0 Å². The van der Waals surface area contributed by atoms with E-state index in [9.17, 15) is 9.90 Å². The first-order valence-corrected chi connectivity index (χ1v) is 6.59. The maximum atomic E-state index is 11.4. The number of ether oxygens (including phenoxy) is 1. The molecule has 0 spiro atoms. The van der Waals surface area contributed by atoms with E-state index in [0.29, 0.717) is 12.2 Å². The predicted octanol–water partition coefficient (Wildman–Crippen LogP) is 2.74. The summed E-state index contributed by atoms with van der Waals surface area (Å²) < 4.78 is 5.75. The van der Waals surface area contributed by atoms with E-state index < -0.39 is 11.6 Å². The van der Waals surface area contributed by atoms with Crippen LogP contribution < -0.4 is 10.1 Å². The molecule has 0 saturated carbocycles. The molecule has 0 fully saturated rings. The molecule has 4 heteroatoms. The number of nitrogens with one attached hydrogen (secondary N) is 1. The van der Waals surface area contributed by atoms with Crippen LogP contribution in [0.3, 0.4) is 0 Å². The largest absolute Gasteiger partial charge is 0.478 e. The van der Waals surface area contributed by atoms with Gasteiger partial charge in [0.15, 0.2) is 0 Å². The average molecular weight is 265 g/mol. The summed E-state index contributed by atoms with van der Waals surface area (Å²) in [5, 5.41) is 12.4. The van der Waals surface area contributed by atoms with Gasteiger partial charge in [-0.25, -0.2) is 4.79 Å². The van der Waals surface area contributed by atoms with Crippen molar-refractivity contribution in [2.24, 2.45) is 0 Å². The summed E-state index contributed by atoms with van der Waals surface area (Å²) in [4.78, 5) is 11.4. The fraction of sp³-hybridized carbons (Fsp3) is 0.533. The number of benzene rings is 1. The van der Waals surface area contributed by atoms with Gasteiger partial charge in [0.2, 0.25) is 5.60 Å². The van der Waals surface area contributed by atoms with E-state index in [-0.39, 0.29) is 0 Å². The lowest BCUT2D eigenvalue weighted by molar-refractivity contribution is -0.154. The maximum Gasteiger partial charge on any atom is 0.347 e. The summed E-state index contributed by atoms with van der Waals surface area (Å²) in [5.41, 5.74) is 0.945. The third-order valence-corrected chi connectivity index (χ3v) is 3.13. The second-order valence-electron chi connectivity index (χ2n) is 5.02. The maximum absolute atomic E-state index is 11.4. The fourth-order valence-electron chi connectivity index (χ4n) is 2.06. The van der Waals surface area contributed by atoms with Gasteiger partial charge in [-0.1, -0.05) is 25.5 Å². The molecular formula is C15H23NO3. The molecule has 19 heavy (non-hydrogen) atoms. The molecule has 1 aromatic carbocycles. The summed E-state index contributed by atoms with van der Waals surface area (Å²) in [5.74, 6) is -0.286. The van der Waals surface area contributed by atoms with Crippen LogP contribution >= 0.6 is 0 Å². The number of carbonyl (C=O) groups is 1. The van der Waals surface area contributed by atoms with Gasteiger partial charge in [0.25, 0.3) is 0 Å². The Morgan fingerprint density at radius 3 is 2.63 bits per heavy atom. The predicted molar refractivity (Wildman–Crippen MR) is 75.5 cm³/mol. The van der Waals surface area contributed by atoms with E-state index in [1.807, 2.05) is 39.1 Å². The summed E-state index contributed by atoms with van der Waals surface area (Å²) in [7, 11) is 1.89. The molecular weight excluding hydrogens is 242 g/mol. The van der Waals surface area contributed by atoms with Crippen LogP contribution in [-0.4, -0.2) is 23.7 Å². The van der Waals surface area contributed by atoms with Crippen molar-refractivity contribution in [2.75, 3.05) is 7.05 Å². The molecule has 0 amide bonds. The van der Waals surface area contributed by atoms with E-state index >= 15 is 0 Å². The smallest absolute Gasteiger partial charge is 0.347 e. The SMILES string of the molecule is CCCC(C)(Oc1ccc(CNC)cc1C)C(=O)O. The number of aliphatic carboxylic acids is 1. The summed E-state index contributed by atoms with van der Waals surface area (Å²) in [6, 6.07) is 5.81. The van der Waals surface area contributed by atoms with Crippen LogP contribution in [0.1, 0.15) is 37.8 Å². The number of rotatable bonds is 7. The third kappa shape index (κ3) is 3.96. The Balaban J connectivity index is 2.94. The highest BCUT2D eigenvalue weighted by molar-refractivity contribution is 5.77. The first-order valence-electron chi connectivity index (χ1n) is 6.59. The highest BCUT2D eigenvalue weighted by Gasteiger charge is 2.34. The average Bonchev–Trinajstić information content (AvgIpc) is 2.33. The number of carboxylic acids is 1. The standard InChI is InChI=1S/C15H23NO3/c1-5-8-15(3,14(17)18)19-13-7-6-12(10-16-4)9-11(13)2/h6-7,9,16H,5,8,10H2,1-4H3,(H,17,18). The quantitative estimate of drug-likeness (QED) is 0.796. The molecule has 0 aliphatic carbocycles. The zero-order chi connectivity index (χ0) is 14.5. The van der Waals surface area contributed by atoms with E-state index in [0.717, 1.165) is 24.1 Å². The zero-order valence-electron chi connectivity index (χ0n) is 12.1. The van der Waals surface area contributed by atoms with Crippen molar-refractivity contribution in [3.63, 3.8) is 0 Å². The lowest BCUT2D eigenvalue weighted by Crippen LogP contribution is -2.41. The van der Waals surface area contributed by atoms with E-state index in [1.165, 1.54) is 0 Å². The van der Waals surface area contributed by atoms with Crippen LogP contribution in [0.25, 0.3) is 0 Å². The van der Waals surface area contributed by atoms with Gasteiger partial charge in [-0.05, 0) is 44.5 Å². The molecule has 0 radical (unpaired) electrons. The Morgan fingerprint density at radius 2 is 2.16 bits per heavy atom. The van der Waals surface area contributed by atoms with Crippen LogP contribution in [0.5, 0.6) is 5.75 Å². The molecule has 2 N–H and O–H groups in total. The summed E-state index contributed by atoms with van der Waals surface area (Å²) in [6.45, 7) is 6.29. The highest BCUT2D eigenvalue weighted by Crippen LogP contribution is 2.27. The molecule has 0 aliphatic heterocycles. The molecule has 106 valence electrons. The molecule has 0 bridgehead atoms.